The van der Waals surface area contributed by atoms with E-state index >= 15 is 0 Å². The summed E-state index contributed by atoms with van der Waals surface area (Å²) in [5.74, 6) is -3.68. The maximum atomic E-state index is 13.6. The molecule has 0 saturated carbocycles. The molecule has 2 rings (SSSR count). The van der Waals surface area contributed by atoms with Gasteiger partial charge in [-0.15, -0.1) is 0 Å². The van der Waals surface area contributed by atoms with Crippen molar-refractivity contribution in [3.8, 4) is 0 Å². The third kappa shape index (κ3) is 4.08. The second-order valence-electron chi connectivity index (χ2n) is 4.81. The molecule has 1 unspecified atom stereocenters. The summed E-state index contributed by atoms with van der Waals surface area (Å²) in [5.41, 5.74) is 0.644. The first-order valence-electron chi connectivity index (χ1n) is 6.37. The molecule has 0 aliphatic carbocycles. The number of carboxylic acids is 1. The number of aliphatic carboxylic acids is 1. The third-order valence-corrected chi connectivity index (χ3v) is 3.22. The standard InChI is InChI=1S/C16H13F3O2/c17-13-3-1-10(2-4-13)7-12(16(20)21)8-11-9-14(18)5-6-15(11)19/h1-6,9,12H,7-8H2,(H,20,21). The largest absolute Gasteiger partial charge is 0.481 e. The molecule has 0 fully saturated rings. The summed E-state index contributed by atoms with van der Waals surface area (Å²) in [4.78, 5) is 11.3. The van der Waals surface area contributed by atoms with Gasteiger partial charge in [-0.3, -0.25) is 4.79 Å². The van der Waals surface area contributed by atoms with Crippen LogP contribution in [0.25, 0.3) is 0 Å². The average molecular weight is 294 g/mol. The van der Waals surface area contributed by atoms with Crippen LogP contribution in [0.1, 0.15) is 11.1 Å². The number of rotatable bonds is 5. The summed E-state index contributed by atoms with van der Waals surface area (Å²) in [6.45, 7) is 0. The van der Waals surface area contributed by atoms with Gasteiger partial charge in [0.1, 0.15) is 17.5 Å². The van der Waals surface area contributed by atoms with Crippen molar-refractivity contribution in [2.24, 2.45) is 5.92 Å². The lowest BCUT2D eigenvalue weighted by Crippen LogP contribution is -2.20. The number of hydrogen-bond donors (Lipinski definition) is 1. The first-order valence-corrected chi connectivity index (χ1v) is 6.37. The van der Waals surface area contributed by atoms with Gasteiger partial charge in [0.05, 0.1) is 5.92 Å². The molecule has 2 aromatic carbocycles. The summed E-state index contributed by atoms with van der Waals surface area (Å²) >= 11 is 0. The molecule has 0 aromatic heterocycles. The number of carbonyl (C=O) groups is 1. The maximum Gasteiger partial charge on any atom is 0.307 e. The van der Waals surface area contributed by atoms with Crippen molar-refractivity contribution in [2.45, 2.75) is 12.8 Å². The van der Waals surface area contributed by atoms with Crippen LogP contribution in [0.5, 0.6) is 0 Å². The zero-order valence-electron chi connectivity index (χ0n) is 11.0. The number of halogens is 3. The van der Waals surface area contributed by atoms with Crippen molar-refractivity contribution in [1.82, 2.24) is 0 Å². The summed E-state index contributed by atoms with van der Waals surface area (Å²) in [6.07, 6.45) is -0.0120. The van der Waals surface area contributed by atoms with Gasteiger partial charge in [0.25, 0.3) is 0 Å². The van der Waals surface area contributed by atoms with Crippen LogP contribution in [0.3, 0.4) is 0 Å². The van der Waals surface area contributed by atoms with Crippen molar-refractivity contribution < 1.29 is 23.1 Å². The molecule has 0 aliphatic rings. The molecule has 5 heteroatoms. The van der Waals surface area contributed by atoms with Crippen LogP contribution in [0.4, 0.5) is 13.2 Å². The highest BCUT2D eigenvalue weighted by Gasteiger charge is 2.20. The van der Waals surface area contributed by atoms with E-state index in [2.05, 4.69) is 0 Å². The van der Waals surface area contributed by atoms with Gasteiger partial charge in [0.15, 0.2) is 0 Å². The third-order valence-electron chi connectivity index (χ3n) is 3.22. The lowest BCUT2D eigenvalue weighted by molar-refractivity contribution is -0.141. The Balaban J connectivity index is 2.17. The van der Waals surface area contributed by atoms with E-state index in [1.807, 2.05) is 0 Å². The van der Waals surface area contributed by atoms with Gasteiger partial charge in [-0.05, 0) is 54.3 Å². The van der Waals surface area contributed by atoms with Crippen molar-refractivity contribution in [1.29, 1.82) is 0 Å². The second kappa shape index (κ2) is 6.43. The maximum absolute atomic E-state index is 13.6. The SMILES string of the molecule is O=C(O)C(Cc1ccc(F)cc1)Cc1cc(F)ccc1F. The van der Waals surface area contributed by atoms with E-state index in [9.17, 15) is 23.1 Å². The molecule has 0 saturated heterocycles. The highest BCUT2D eigenvalue weighted by Crippen LogP contribution is 2.19. The Morgan fingerprint density at radius 1 is 0.952 bits per heavy atom. The predicted molar refractivity (Wildman–Crippen MR) is 71.3 cm³/mol. The van der Waals surface area contributed by atoms with E-state index in [1.54, 1.807) is 0 Å². The van der Waals surface area contributed by atoms with Gasteiger partial charge in [-0.1, -0.05) is 12.1 Å². The molecule has 0 heterocycles. The minimum atomic E-state index is -1.11. The fourth-order valence-electron chi connectivity index (χ4n) is 2.12. The van der Waals surface area contributed by atoms with Crippen molar-refractivity contribution in [2.75, 3.05) is 0 Å². The normalized spacial score (nSPS) is 12.1. The average Bonchev–Trinajstić information content (AvgIpc) is 2.44. The molecular weight excluding hydrogens is 281 g/mol. The molecule has 0 radical (unpaired) electrons. The van der Waals surface area contributed by atoms with E-state index < -0.39 is 29.3 Å². The zero-order valence-corrected chi connectivity index (χ0v) is 11.0. The summed E-state index contributed by atoms with van der Waals surface area (Å²) < 4.78 is 39.5. The van der Waals surface area contributed by atoms with Gasteiger partial charge in [0, 0.05) is 0 Å². The fraction of sp³-hybridized carbons (Fsp3) is 0.188. The van der Waals surface area contributed by atoms with E-state index in [4.69, 9.17) is 0 Å². The van der Waals surface area contributed by atoms with Crippen molar-refractivity contribution in [3.63, 3.8) is 0 Å². The minimum Gasteiger partial charge on any atom is -0.481 e. The summed E-state index contributed by atoms with van der Waals surface area (Å²) in [5, 5.41) is 9.22. The molecule has 2 nitrogen and oxygen atoms in total. The Morgan fingerprint density at radius 2 is 1.57 bits per heavy atom. The smallest absolute Gasteiger partial charge is 0.307 e. The zero-order chi connectivity index (χ0) is 15.4. The molecule has 2 aromatic rings. The van der Waals surface area contributed by atoms with E-state index in [0.717, 1.165) is 18.2 Å². The second-order valence-corrected chi connectivity index (χ2v) is 4.81. The van der Waals surface area contributed by atoms with Crippen LogP contribution in [0.2, 0.25) is 0 Å². The molecule has 110 valence electrons. The highest BCUT2D eigenvalue weighted by molar-refractivity contribution is 5.70. The Morgan fingerprint density at radius 3 is 2.19 bits per heavy atom. The predicted octanol–water partition coefficient (Wildman–Crippen LogP) is 3.59. The van der Waals surface area contributed by atoms with Crippen LogP contribution >= 0.6 is 0 Å². The number of benzene rings is 2. The monoisotopic (exact) mass is 294 g/mol. The van der Waals surface area contributed by atoms with E-state index in [1.165, 1.54) is 24.3 Å². The Labute approximate surface area is 119 Å². The van der Waals surface area contributed by atoms with Crippen LogP contribution in [-0.4, -0.2) is 11.1 Å². The molecule has 1 N–H and O–H groups in total. The van der Waals surface area contributed by atoms with Gasteiger partial charge in [-0.2, -0.15) is 0 Å². The molecule has 21 heavy (non-hydrogen) atoms. The highest BCUT2D eigenvalue weighted by atomic mass is 19.1. The van der Waals surface area contributed by atoms with Gasteiger partial charge in [-0.25, -0.2) is 13.2 Å². The fourth-order valence-corrected chi connectivity index (χ4v) is 2.12. The first kappa shape index (κ1) is 15.1. The molecule has 0 amide bonds. The topological polar surface area (TPSA) is 37.3 Å². The molecule has 0 aliphatic heterocycles. The lowest BCUT2D eigenvalue weighted by atomic mass is 9.92. The van der Waals surface area contributed by atoms with Gasteiger partial charge < -0.3 is 5.11 Å². The van der Waals surface area contributed by atoms with Gasteiger partial charge >= 0.3 is 5.97 Å². The van der Waals surface area contributed by atoms with E-state index in [-0.39, 0.29) is 18.4 Å². The van der Waals surface area contributed by atoms with Crippen molar-refractivity contribution >= 4 is 5.97 Å². The van der Waals surface area contributed by atoms with Crippen molar-refractivity contribution in [3.05, 3.63) is 71.0 Å². The van der Waals surface area contributed by atoms with Crippen LogP contribution in [0.15, 0.2) is 42.5 Å². The van der Waals surface area contributed by atoms with Gasteiger partial charge in [0.2, 0.25) is 0 Å². The van der Waals surface area contributed by atoms with Crippen LogP contribution in [-0.2, 0) is 17.6 Å². The molecule has 0 bridgehead atoms. The first-order chi connectivity index (χ1) is 9.95. The van der Waals surface area contributed by atoms with E-state index in [0.29, 0.717) is 5.56 Å². The number of carboxylic acid groups (broad SMARTS) is 1. The Kier molecular flexibility index (Phi) is 4.62. The Bertz CT molecular complexity index is 638. The number of hydrogen-bond acceptors (Lipinski definition) is 1. The minimum absolute atomic E-state index is 0.0181. The lowest BCUT2D eigenvalue weighted by Gasteiger charge is -2.13. The summed E-state index contributed by atoms with van der Waals surface area (Å²) in [6, 6.07) is 8.38. The molecule has 0 spiro atoms. The quantitative estimate of drug-likeness (QED) is 0.915. The molecular formula is C16H13F3O2. The van der Waals surface area contributed by atoms with Crippen LogP contribution < -0.4 is 0 Å². The molecule has 1 atom stereocenters. The Hall–Kier alpha value is -2.30. The summed E-state index contributed by atoms with van der Waals surface area (Å²) in [7, 11) is 0. The van der Waals surface area contributed by atoms with Crippen LogP contribution in [0, 0.1) is 23.4 Å².